The summed E-state index contributed by atoms with van der Waals surface area (Å²) in [6.45, 7) is 2.71. The van der Waals surface area contributed by atoms with Crippen LogP contribution in [-0.4, -0.2) is 49.6 Å². The summed E-state index contributed by atoms with van der Waals surface area (Å²) in [6, 6.07) is 1.70. The molecule has 0 saturated heterocycles. The van der Waals surface area contributed by atoms with Crippen LogP contribution in [0, 0.1) is 6.92 Å². The second-order valence-corrected chi connectivity index (χ2v) is 5.14. The number of aliphatic hydroxyl groups excluding tert-OH is 2. The number of amides is 1. The Morgan fingerprint density at radius 2 is 2.10 bits per heavy atom. The number of hydrogen-bond acceptors (Lipinski definition) is 5. The monoisotopic (exact) mass is 278 g/mol. The first-order chi connectivity index (χ1) is 9.40. The zero-order valence-electron chi connectivity index (χ0n) is 11.7. The Bertz CT molecular complexity index is 646. The molecule has 2 heterocycles. The van der Waals surface area contributed by atoms with E-state index in [9.17, 15) is 15.0 Å². The minimum atomic E-state index is -1.06. The first-order valence-corrected chi connectivity index (χ1v) is 6.24. The third kappa shape index (κ3) is 2.50. The summed E-state index contributed by atoms with van der Waals surface area (Å²) >= 11 is 0. The Balaban J connectivity index is 2.34. The number of aromatic nitrogens is 3. The second-order valence-electron chi connectivity index (χ2n) is 5.14. The fourth-order valence-corrected chi connectivity index (χ4v) is 1.91. The summed E-state index contributed by atoms with van der Waals surface area (Å²) in [5.41, 5.74) is 0.792. The lowest BCUT2D eigenvalue weighted by molar-refractivity contribution is 0.0723. The average molecular weight is 278 g/mol. The summed E-state index contributed by atoms with van der Waals surface area (Å²) in [6.07, 6.45) is 1.45. The number of pyridine rings is 1. The van der Waals surface area contributed by atoms with Crippen LogP contribution in [-0.2, 0) is 7.05 Å². The number of carbonyl (C=O) groups is 1. The highest BCUT2D eigenvalue weighted by Gasteiger charge is 2.25. The first-order valence-electron chi connectivity index (χ1n) is 6.24. The first kappa shape index (κ1) is 14.4. The van der Waals surface area contributed by atoms with Crippen LogP contribution in [0.2, 0.25) is 0 Å². The quantitative estimate of drug-likeness (QED) is 0.716. The number of aliphatic hydroxyl groups is 2. The van der Waals surface area contributed by atoms with Crippen molar-refractivity contribution in [1.82, 2.24) is 20.1 Å². The van der Waals surface area contributed by atoms with Crippen LogP contribution in [0.4, 0.5) is 0 Å². The Kier molecular flexibility index (Phi) is 3.74. The molecule has 0 spiro atoms. The maximum absolute atomic E-state index is 12.1. The number of hydrogen-bond donors (Lipinski definition) is 3. The standard InChI is InChI=1S/C13H18N4O3/c1-8-10-4-9(5-14-11(10)17(3)16-8)12(20)15-13(2,6-18)7-19/h4-5,18-19H,6-7H2,1-3H3,(H,15,20). The topological polar surface area (TPSA) is 100 Å². The molecular weight excluding hydrogens is 260 g/mol. The van der Waals surface area contributed by atoms with Crippen LogP contribution < -0.4 is 5.32 Å². The van der Waals surface area contributed by atoms with Gasteiger partial charge in [-0.05, 0) is 19.9 Å². The van der Waals surface area contributed by atoms with Crippen LogP contribution in [0.3, 0.4) is 0 Å². The van der Waals surface area contributed by atoms with E-state index < -0.39 is 11.4 Å². The van der Waals surface area contributed by atoms with E-state index in [0.29, 0.717) is 11.2 Å². The van der Waals surface area contributed by atoms with Crippen molar-refractivity contribution in [2.45, 2.75) is 19.4 Å². The smallest absolute Gasteiger partial charge is 0.253 e. The number of aryl methyl sites for hydroxylation is 2. The van der Waals surface area contributed by atoms with Gasteiger partial charge >= 0.3 is 0 Å². The molecule has 1 amide bonds. The number of fused-ring (bicyclic) bond motifs is 1. The van der Waals surface area contributed by atoms with Crippen molar-refractivity contribution in [2.75, 3.05) is 13.2 Å². The molecule has 0 radical (unpaired) electrons. The summed E-state index contributed by atoms with van der Waals surface area (Å²) in [4.78, 5) is 16.4. The molecule has 0 aliphatic carbocycles. The third-order valence-electron chi connectivity index (χ3n) is 3.24. The molecule has 0 aliphatic rings. The van der Waals surface area contributed by atoms with Gasteiger partial charge in [0.1, 0.15) is 0 Å². The largest absolute Gasteiger partial charge is 0.394 e. The van der Waals surface area contributed by atoms with Gasteiger partial charge in [0.25, 0.3) is 5.91 Å². The molecule has 2 aromatic rings. The molecule has 0 bridgehead atoms. The Morgan fingerprint density at radius 3 is 2.70 bits per heavy atom. The van der Waals surface area contributed by atoms with Crippen molar-refractivity contribution in [1.29, 1.82) is 0 Å². The summed E-state index contributed by atoms with van der Waals surface area (Å²) < 4.78 is 1.65. The molecule has 2 rings (SSSR count). The van der Waals surface area contributed by atoms with Gasteiger partial charge in [-0.2, -0.15) is 5.10 Å². The van der Waals surface area contributed by atoms with Gasteiger partial charge in [-0.3, -0.25) is 9.48 Å². The van der Waals surface area contributed by atoms with Crippen molar-refractivity contribution in [3.63, 3.8) is 0 Å². The lowest BCUT2D eigenvalue weighted by atomic mass is 10.0. The van der Waals surface area contributed by atoms with Gasteiger partial charge in [0, 0.05) is 18.6 Å². The van der Waals surface area contributed by atoms with Gasteiger partial charge in [0.2, 0.25) is 0 Å². The highest BCUT2D eigenvalue weighted by atomic mass is 16.3. The van der Waals surface area contributed by atoms with E-state index in [-0.39, 0.29) is 13.2 Å². The molecule has 0 aliphatic heterocycles. The molecule has 0 saturated carbocycles. The summed E-state index contributed by atoms with van der Waals surface area (Å²) in [5.74, 6) is -0.395. The molecule has 7 heteroatoms. The van der Waals surface area contributed by atoms with E-state index in [1.807, 2.05) is 6.92 Å². The van der Waals surface area contributed by atoms with Crippen molar-refractivity contribution in [3.8, 4) is 0 Å². The molecule has 0 atom stereocenters. The third-order valence-corrected chi connectivity index (χ3v) is 3.24. The van der Waals surface area contributed by atoms with Gasteiger partial charge in [0.15, 0.2) is 5.65 Å². The minimum absolute atomic E-state index is 0.350. The van der Waals surface area contributed by atoms with E-state index in [2.05, 4.69) is 15.4 Å². The van der Waals surface area contributed by atoms with Gasteiger partial charge in [-0.1, -0.05) is 0 Å². The fraction of sp³-hybridized carbons (Fsp3) is 0.462. The van der Waals surface area contributed by atoms with Gasteiger partial charge in [-0.25, -0.2) is 4.98 Å². The summed E-state index contributed by atoms with van der Waals surface area (Å²) in [7, 11) is 1.79. The predicted molar refractivity (Wildman–Crippen MR) is 73.3 cm³/mol. The van der Waals surface area contributed by atoms with Crippen molar-refractivity contribution >= 4 is 16.9 Å². The maximum Gasteiger partial charge on any atom is 0.253 e. The Morgan fingerprint density at radius 1 is 1.45 bits per heavy atom. The van der Waals surface area contributed by atoms with Crippen molar-refractivity contribution < 1.29 is 15.0 Å². The van der Waals surface area contributed by atoms with Crippen LogP contribution in [0.1, 0.15) is 23.0 Å². The summed E-state index contributed by atoms with van der Waals surface area (Å²) in [5, 5.41) is 26.0. The second kappa shape index (κ2) is 5.18. The van der Waals surface area contributed by atoms with Crippen LogP contribution in [0.25, 0.3) is 11.0 Å². The highest BCUT2D eigenvalue weighted by Crippen LogP contribution is 2.17. The molecule has 0 unspecified atom stereocenters. The van der Waals surface area contributed by atoms with Crippen LogP contribution in [0.15, 0.2) is 12.3 Å². The number of nitrogens with zero attached hydrogens (tertiary/aromatic N) is 3. The van der Waals surface area contributed by atoms with E-state index in [0.717, 1.165) is 11.1 Å². The van der Waals surface area contributed by atoms with Gasteiger partial charge in [0.05, 0.1) is 30.0 Å². The van der Waals surface area contributed by atoms with E-state index in [1.54, 1.807) is 24.7 Å². The Labute approximate surface area is 116 Å². The van der Waals surface area contributed by atoms with Gasteiger partial charge in [-0.15, -0.1) is 0 Å². The normalized spacial score (nSPS) is 11.8. The fourth-order valence-electron chi connectivity index (χ4n) is 1.91. The SMILES string of the molecule is Cc1nn(C)c2ncc(C(=O)NC(C)(CO)CO)cc12. The molecular formula is C13H18N4O3. The molecule has 108 valence electrons. The molecule has 0 aromatic carbocycles. The number of carbonyl (C=O) groups excluding carboxylic acids is 1. The number of rotatable bonds is 4. The zero-order valence-corrected chi connectivity index (χ0v) is 11.7. The van der Waals surface area contributed by atoms with Gasteiger partial charge < -0.3 is 15.5 Å². The van der Waals surface area contributed by atoms with E-state index in [4.69, 9.17) is 0 Å². The number of nitrogens with one attached hydrogen (secondary N) is 1. The van der Waals surface area contributed by atoms with E-state index in [1.165, 1.54) is 6.20 Å². The Hall–Kier alpha value is -1.99. The molecule has 0 fully saturated rings. The van der Waals surface area contributed by atoms with E-state index >= 15 is 0 Å². The molecule has 3 N–H and O–H groups in total. The minimum Gasteiger partial charge on any atom is -0.394 e. The predicted octanol–water partition coefficient (Wildman–Crippen LogP) is -0.250. The molecule has 7 nitrogen and oxygen atoms in total. The molecule has 2 aromatic heterocycles. The lowest BCUT2D eigenvalue weighted by Crippen LogP contribution is -2.51. The molecule has 20 heavy (non-hydrogen) atoms. The van der Waals surface area contributed by atoms with Crippen LogP contribution in [0.5, 0.6) is 0 Å². The maximum atomic E-state index is 12.1. The highest BCUT2D eigenvalue weighted by molar-refractivity contribution is 5.97. The zero-order chi connectivity index (χ0) is 14.9. The average Bonchev–Trinajstić information content (AvgIpc) is 2.73. The van der Waals surface area contributed by atoms with Crippen molar-refractivity contribution in [2.24, 2.45) is 7.05 Å². The van der Waals surface area contributed by atoms with Crippen LogP contribution >= 0.6 is 0 Å². The lowest BCUT2D eigenvalue weighted by Gasteiger charge is -2.26. The van der Waals surface area contributed by atoms with Crippen molar-refractivity contribution in [3.05, 3.63) is 23.5 Å².